The van der Waals surface area contributed by atoms with Crippen molar-refractivity contribution in [2.24, 2.45) is 5.92 Å². The van der Waals surface area contributed by atoms with Crippen LogP contribution < -0.4 is 10.6 Å². The Bertz CT molecular complexity index is 189. The standard InChI is InChI=1S/C11H20N2/c1-9-6-11(8-12-7-9)13-10-4-2-3-5-10/h2,4,9-13H,3,5-8H2,1H3. The van der Waals surface area contributed by atoms with Gasteiger partial charge in [-0.25, -0.2) is 0 Å². The topological polar surface area (TPSA) is 24.1 Å². The zero-order valence-corrected chi connectivity index (χ0v) is 8.42. The molecule has 0 radical (unpaired) electrons. The van der Waals surface area contributed by atoms with Crippen molar-refractivity contribution in [1.82, 2.24) is 10.6 Å². The molecule has 3 unspecified atom stereocenters. The molecule has 0 aromatic heterocycles. The molecule has 3 atom stereocenters. The molecule has 74 valence electrons. The first-order valence-corrected chi connectivity index (χ1v) is 5.48. The van der Waals surface area contributed by atoms with Crippen LogP contribution in [0.4, 0.5) is 0 Å². The van der Waals surface area contributed by atoms with Crippen molar-refractivity contribution in [3.63, 3.8) is 0 Å². The summed E-state index contributed by atoms with van der Waals surface area (Å²) in [6.45, 7) is 4.67. The molecule has 0 spiro atoms. The van der Waals surface area contributed by atoms with Crippen molar-refractivity contribution < 1.29 is 0 Å². The lowest BCUT2D eigenvalue weighted by Crippen LogP contribution is -2.48. The second-order valence-corrected chi connectivity index (χ2v) is 4.47. The lowest BCUT2D eigenvalue weighted by Gasteiger charge is -2.30. The number of piperidine rings is 1. The minimum atomic E-state index is 0.650. The van der Waals surface area contributed by atoms with Gasteiger partial charge in [-0.2, -0.15) is 0 Å². The lowest BCUT2D eigenvalue weighted by molar-refractivity contribution is 0.307. The summed E-state index contributed by atoms with van der Waals surface area (Å²) in [5.74, 6) is 0.830. The molecule has 2 aliphatic rings. The molecule has 1 aliphatic heterocycles. The van der Waals surface area contributed by atoms with Crippen molar-refractivity contribution in [2.45, 2.75) is 38.3 Å². The Morgan fingerprint density at radius 1 is 1.38 bits per heavy atom. The quantitative estimate of drug-likeness (QED) is 0.626. The average molecular weight is 180 g/mol. The molecule has 1 heterocycles. The summed E-state index contributed by atoms with van der Waals surface area (Å²) in [5, 5.41) is 7.17. The maximum Gasteiger partial charge on any atom is 0.0256 e. The van der Waals surface area contributed by atoms with Gasteiger partial charge in [-0.1, -0.05) is 19.1 Å². The molecule has 1 aliphatic carbocycles. The van der Waals surface area contributed by atoms with E-state index in [9.17, 15) is 0 Å². The van der Waals surface area contributed by atoms with Crippen LogP contribution in [0.25, 0.3) is 0 Å². The zero-order chi connectivity index (χ0) is 9.10. The molecular formula is C11H20N2. The average Bonchev–Trinajstić information content (AvgIpc) is 2.57. The highest BCUT2D eigenvalue weighted by Gasteiger charge is 2.20. The van der Waals surface area contributed by atoms with Crippen LogP contribution >= 0.6 is 0 Å². The summed E-state index contributed by atoms with van der Waals surface area (Å²) in [5.41, 5.74) is 0. The van der Waals surface area contributed by atoms with Gasteiger partial charge in [-0.3, -0.25) is 0 Å². The first-order valence-electron chi connectivity index (χ1n) is 5.48. The Morgan fingerprint density at radius 2 is 2.31 bits per heavy atom. The van der Waals surface area contributed by atoms with Crippen LogP contribution in [-0.4, -0.2) is 25.2 Å². The van der Waals surface area contributed by atoms with Gasteiger partial charge in [0.05, 0.1) is 0 Å². The van der Waals surface area contributed by atoms with Crippen molar-refractivity contribution in [3.05, 3.63) is 12.2 Å². The third-order valence-corrected chi connectivity index (χ3v) is 3.03. The Labute approximate surface area is 80.8 Å². The number of rotatable bonds is 2. The Morgan fingerprint density at radius 3 is 3.00 bits per heavy atom. The van der Waals surface area contributed by atoms with E-state index in [1.807, 2.05) is 0 Å². The Balaban J connectivity index is 1.76. The fraction of sp³-hybridized carbons (Fsp3) is 0.818. The first kappa shape index (κ1) is 9.22. The minimum Gasteiger partial charge on any atom is -0.315 e. The minimum absolute atomic E-state index is 0.650. The lowest BCUT2D eigenvalue weighted by atomic mass is 9.97. The first-order chi connectivity index (χ1) is 6.34. The molecule has 2 heteroatoms. The number of hydrogen-bond acceptors (Lipinski definition) is 2. The van der Waals surface area contributed by atoms with E-state index in [4.69, 9.17) is 0 Å². The summed E-state index contributed by atoms with van der Waals surface area (Å²) in [7, 11) is 0. The largest absolute Gasteiger partial charge is 0.315 e. The van der Waals surface area contributed by atoms with Crippen LogP contribution in [0.3, 0.4) is 0 Å². The van der Waals surface area contributed by atoms with Crippen LogP contribution in [0, 0.1) is 5.92 Å². The van der Waals surface area contributed by atoms with Crippen LogP contribution in [0.15, 0.2) is 12.2 Å². The maximum atomic E-state index is 3.70. The molecule has 0 aromatic carbocycles. The van der Waals surface area contributed by atoms with Gasteiger partial charge in [-0.05, 0) is 31.7 Å². The van der Waals surface area contributed by atoms with E-state index in [1.54, 1.807) is 0 Å². The normalized spacial score (nSPS) is 39.6. The summed E-state index contributed by atoms with van der Waals surface area (Å²) in [4.78, 5) is 0. The molecular weight excluding hydrogens is 160 g/mol. The molecule has 0 aromatic rings. The van der Waals surface area contributed by atoms with E-state index >= 15 is 0 Å². The summed E-state index contributed by atoms with van der Waals surface area (Å²) >= 11 is 0. The third kappa shape index (κ3) is 2.55. The van der Waals surface area contributed by atoms with Crippen LogP contribution in [-0.2, 0) is 0 Å². The van der Waals surface area contributed by atoms with E-state index in [-0.39, 0.29) is 0 Å². The molecule has 1 saturated heterocycles. The van der Waals surface area contributed by atoms with E-state index in [1.165, 1.54) is 25.8 Å². The number of nitrogens with one attached hydrogen (secondary N) is 2. The van der Waals surface area contributed by atoms with Crippen molar-refractivity contribution in [2.75, 3.05) is 13.1 Å². The van der Waals surface area contributed by atoms with Crippen molar-refractivity contribution >= 4 is 0 Å². The number of hydrogen-bond donors (Lipinski definition) is 2. The molecule has 0 saturated carbocycles. The van der Waals surface area contributed by atoms with Crippen molar-refractivity contribution in [3.8, 4) is 0 Å². The fourth-order valence-corrected chi connectivity index (χ4v) is 2.36. The summed E-state index contributed by atoms with van der Waals surface area (Å²) in [6.07, 6.45) is 8.49. The van der Waals surface area contributed by atoms with Crippen molar-refractivity contribution in [1.29, 1.82) is 0 Å². The Hall–Kier alpha value is -0.340. The monoisotopic (exact) mass is 180 g/mol. The summed E-state index contributed by atoms with van der Waals surface area (Å²) in [6, 6.07) is 1.34. The molecule has 2 N–H and O–H groups in total. The second kappa shape index (κ2) is 4.25. The van der Waals surface area contributed by atoms with E-state index < -0.39 is 0 Å². The fourth-order valence-electron chi connectivity index (χ4n) is 2.36. The molecule has 0 bridgehead atoms. The predicted octanol–water partition coefficient (Wildman–Crippen LogP) is 1.29. The summed E-state index contributed by atoms with van der Waals surface area (Å²) < 4.78 is 0. The predicted molar refractivity (Wildman–Crippen MR) is 55.7 cm³/mol. The van der Waals surface area contributed by atoms with Gasteiger partial charge in [-0.15, -0.1) is 0 Å². The van der Waals surface area contributed by atoms with Gasteiger partial charge < -0.3 is 10.6 Å². The zero-order valence-electron chi connectivity index (χ0n) is 8.42. The highest BCUT2D eigenvalue weighted by molar-refractivity contribution is 5.02. The van der Waals surface area contributed by atoms with Gasteiger partial charge >= 0.3 is 0 Å². The van der Waals surface area contributed by atoms with Gasteiger partial charge in [0.1, 0.15) is 0 Å². The third-order valence-electron chi connectivity index (χ3n) is 3.03. The van der Waals surface area contributed by atoms with E-state index in [0.717, 1.165) is 12.5 Å². The van der Waals surface area contributed by atoms with Crippen LogP contribution in [0.1, 0.15) is 26.2 Å². The molecule has 0 amide bonds. The van der Waals surface area contributed by atoms with Gasteiger partial charge in [0, 0.05) is 18.6 Å². The highest BCUT2D eigenvalue weighted by atomic mass is 15.0. The molecule has 2 rings (SSSR count). The van der Waals surface area contributed by atoms with Crippen LogP contribution in [0.5, 0.6) is 0 Å². The van der Waals surface area contributed by atoms with E-state index in [2.05, 4.69) is 29.7 Å². The van der Waals surface area contributed by atoms with Gasteiger partial charge in [0.2, 0.25) is 0 Å². The Kier molecular flexibility index (Phi) is 3.01. The van der Waals surface area contributed by atoms with Gasteiger partial charge in [0.15, 0.2) is 0 Å². The second-order valence-electron chi connectivity index (χ2n) is 4.47. The molecule has 13 heavy (non-hydrogen) atoms. The maximum absolute atomic E-state index is 3.70. The van der Waals surface area contributed by atoms with Crippen LogP contribution in [0.2, 0.25) is 0 Å². The number of allylic oxidation sites excluding steroid dienone is 1. The smallest absolute Gasteiger partial charge is 0.0256 e. The van der Waals surface area contributed by atoms with E-state index in [0.29, 0.717) is 12.1 Å². The molecule has 1 fully saturated rings. The molecule has 2 nitrogen and oxygen atoms in total. The van der Waals surface area contributed by atoms with Gasteiger partial charge in [0.25, 0.3) is 0 Å². The SMILES string of the molecule is CC1CNCC(NC2C=CCC2)C1. The highest BCUT2D eigenvalue weighted by Crippen LogP contribution is 2.14.